The van der Waals surface area contributed by atoms with Gasteiger partial charge in [0.1, 0.15) is 0 Å². The number of carbonyl (C=O) groups is 1. The van der Waals surface area contributed by atoms with Gasteiger partial charge in [0, 0.05) is 32.7 Å². The summed E-state index contributed by atoms with van der Waals surface area (Å²) >= 11 is 12.1. The normalized spacial score (nSPS) is 11.6. The largest absolute Gasteiger partial charge is 0.337 e. The second-order valence-electron chi connectivity index (χ2n) is 5.72. The van der Waals surface area contributed by atoms with Crippen LogP contribution < -0.4 is 0 Å². The summed E-state index contributed by atoms with van der Waals surface area (Å²) in [7, 11) is 0.819. The van der Waals surface area contributed by atoms with Gasteiger partial charge in [0.05, 0.1) is 15.5 Å². The molecule has 0 saturated heterocycles. The zero-order chi connectivity index (χ0) is 18.8. The molecule has 0 unspecified atom stereocenters. The minimum atomic E-state index is -3.65. The van der Waals surface area contributed by atoms with Crippen LogP contribution in [-0.4, -0.2) is 44.7 Å². The first-order valence-corrected chi connectivity index (χ1v) is 9.54. The first-order valence-electron chi connectivity index (χ1n) is 7.35. The van der Waals surface area contributed by atoms with Gasteiger partial charge < -0.3 is 4.90 Å². The van der Waals surface area contributed by atoms with E-state index >= 15 is 0 Å². The Morgan fingerprint density at radius 3 is 2.32 bits per heavy atom. The fourth-order valence-corrected chi connectivity index (χ4v) is 3.57. The van der Waals surface area contributed by atoms with Crippen molar-refractivity contribution < 1.29 is 13.2 Å². The summed E-state index contributed by atoms with van der Waals surface area (Å²) in [6.45, 7) is 0.320. The third kappa shape index (κ3) is 4.52. The molecule has 0 aromatic heterocycles. The summed E-state index contributed by atoms with van der Waals surface area (Å²) in [6, 6.07) is 11.3. The van der Waals surface area contributed by atoms with Crippen molar-refractivity contribution in [2.75, 3.05) is 21.1 Å². The number of nitrogens with zero attached hydrogens (tertiary/aromatic N) is 2. The SMILES string of the molecule is CN(Cc1cccc(Cl)c1)C(=O)c1cc(S(=O)(=O)N(C)C)ccc1Cl. The van der Waals surface area contributed by atoms with Crippen LogP contribution in [0.2, 0.25) is 10.0 Å². The average molecular weight is 401 g/mol. The van der Waals surface area contributed by atoms with Crippen LogP contribution in [0.4, 0.5) is 0 Å². The lowest BCUT2D eigenvalue weighted by Crippen LogP contribution is -2.27. The summed E-state index contributed by atoms with van der Waals surface area (Å²) in [4.78, 5) is 14.2. The molecule has 0 saturated carbocycles. The molecule has 8 heteroatoms. The van der Waals surface area contributed by atoms with Crippen LogP contribution >= 0.6 is 23.2 Å². The molecule has 2 aromatic rings. The van der Waals surface area contributed by atoms with Crippen LogP contribution in [0.15, 0.2) is 47.4 Å². The number of sulfonamides is 1. The zero-order valence-electron chi connectivity index (χ0n) is 14.0. The smallest absolute Gasteiger partial charge is 0.255 e. The van der Waals surface area contributed by atoms with E-state index in [-0.39, 0.29) is 21.4 Å². The molecule has 1 amide bonds. The zero-order valence-corrected chi connectivity index (χ0v) is 16.4. The topological polar surface area (TPSA) is 57.7 Å². The number of benzene rings is 2. The monoisotopic (exact) mass is 400 g/mol. The van der Waals surface area contributed by atoms with Crippen molar-refractivity contribution in [1.29, 1.82) is 0 Å². The Balaban J connectivity index is 2.32. The predicted octanol–water partition coefficient (Wildman–Crippen LogP) is 3.52. The van der Waals surface area contributed by atoms with Crippen LogP contribution in [0.3, 0.4) is 0 Å². The third-order valence-electron chi connectivity index (χ3n) is 3.60. The van der Waals surface area contributed by atoms with Crippen molar-refractivity contribution in [2.45, 2.75) is 11.4 Å². The highest BCUT2D eigenvalue weighted by molar-refractivity contribution is 7.89. The Morgan fingerprint density at radius 1 is 1.04 bits per heavy atom. The van der Waals surface area contributed by atoms with Crippen molar-refractivity contribution in [2.24, 2.45) is 0 Å². The van der Waals surface area contributed by atoms with Crippen LogP contribution in [0.1, 0.15) is 15.9 Å². The van der Waals surface area contributed by atoms with Crippen molar-refractivity contribution >= 4 is 39.1 Å². The molecule has 0 heterocycles. The van der Waals surface area contributed by atoms with E-state index in [2.05, 4.69) is 0 Å². The lowest BCUT2D eigenvalue weighted by atomic mass is 10.1. The quantitative estimate of drug-likeness (QED) is 0.771. The molecule has 0 aliphatic carbocycles. The number of halogens is 2. The Labute approximate surface area is 157 Å². The molecule has 0 spiro atoms. The Kier molecular flexibility index (Phi) is 6.11. The fourth-order valence-electron chi connectivity index (χ4n) is 2.23. The molecular weight excluding hydrogens is 383 g/mol. The van der Waals surface area contributed by atoms with E-state index in [1.54, 1.807) is 25.2 Å². The van der Waals surface area contributed by atoms with Gasteiger partial charge in [0.25, 0.3) is 5.91 Å². The first-order chi connectivity index (χ1) is 11.6. The van der Waals surface area contributed by atoms with Gasteiger partial charge in [-0.1, -0.05) is 35.3 Å². The Morgan fingerprint density at radius 2 is 1.72 bits per heavy atom. The average Bonchev–Trinajstić information content (AvgIpc) is 2.54. The Bertz CT molecular complexity index is 899. The van der Waals surface area contributed by atoms with Crippen molar-refractivity contribution in [3.63, 3.8) is 0 Å². The van der Waals surface area contributed by atoms with Crippen LogP contribution in [-0.2, 0) is 16.6 Å². The molecule has 2 aromatic carbocycles. The maximum absolute atomic E-state index is 12.7. The van der Waals surface area contributed by atoms with Crippen LogP contribution in [0.25, 0.3) is 0 Å². The second kappa shape index (κ2) is 7.74. The van der Waals surface area contributed by atoms with E-state index in [4.69, 9.17) is 23.2 Å². The molecule has 0 fully saturated rings. The first kappa shape index (κ1) is 19.7. The van der Waals surface area contributed by atoms with Gasteiger partial charge in [0.15, 0.2) is 0 Å². The van der Waals surface area contributed by atoms with Crippen molar-refractivity contribution in [3.8, 4) is 0 Å². The number of amides is 1. The van der Waals surface area contributed by atoms with E-state index in [9.17, 15) is 13.2 Å². The predicted molar refractivity (Wildman–Crippen MR) is 99.6 cm³/mol. The standard InChI is InChI=1S/C17H18Cl2N2O3S/c1-20(2)25(23,24)14-7-8-16(19)15(10-14)17(22)21(3)11-12-5-4-6-13(18)9-12/h4-10H,11H2,1-3H3. The van der Waals surface area contributed by atoms with Gasteiger partial charge in [-0.15, -0.1) is 0 Å². The Hall–Kier alpha value is -1.60. The molecule has 0 bridgehead atoms. The summed E-state index contributed by atoms with van der Waals surface area (Å²) in [5.41, 5.74) is 0.991. The molecule has 0 N–H and O–H groups in total. The highest BCUT2D eigenvalue weighted by Crippen LogP contribution is 2.24. The molecule has 0 aliphatic heterocycles. The van der Waals surface area contributed by atoms with E-state index in [1.165, 1.54) is 37.2 Å². The van der Waals surface area contributed by atoms with Gasteiger partial charge in [-0.3, -0.25) is 4.79 Å². The maximum atomic E-state index is 12.7. The van der Waals surface area contributed by atoms with E-state index in [0.29, 0.717) is 11.6 Å². The van der Waals surface area contributed by atoms with Gasteiger partial charge >= 0.3 is 0 Å². The summed E-state index contributed by atoms with van der Waals surface area (Å²) in [6.07, 6.45) is 0. The number of rotatable bonds is 5. The molecule has 0 radical (unpaired) electrons. The molecule has 25 heavy (non-hydrogen) atoms. The third-order valence-corrected chi connectivity index (χ3v) is 5.98. The van der Waals surface area contributed by atoms with Gasteiger partial charge in [0.2, 0.25) is 10.0 Å². The van der Waals surface area contributed by atoms with Crippen LogP contribution in [0.5, 0.6) is 0 Å². The molecule has 0 atom stereocenters. The van der Waals surface area contributed by atoms with E-state index < -0.39 is 10.0 Å². The van der Waals surface area contributed by atoms with Crippen LogP contribution in [0, 0.1) is 0 Å². The highest BCUT2D eigenvalue weighted by Gasteiger charge is 2.22. The van der Waals surface area contributed by atoms with Gasteiger partial charge in [-0.05, 0) is 35.9 Å². The summed E-state index contributed by atoms with van der Waals surface area (Å²) < 4.78 is 25.6. The highest BCUT2D eigenvalue weighted by atomic mass is 35.5. The summed E-state index contributed by atoms with van der Waals surface area (Å²) in [5, 5.41) is 0.774. The van der Waals surface area contributed by atoms with Crippen molar-refractivity contribution in [3.05, 3.63) is 63.6 Å². The second-order valence-corrected chi connectivity index (χ2v) is 8.72. The minimum Gasteiger partial charge on any atom is -0.337 e. The van der Waals surface area contributed by atoms with Gasteiger partial charge in [-0.25, -0.2) is 12.7 Å². The maximum Gasteiger partial charge on any atom is 0.255 e. The molecular formula is C17H18Cl2N2O3S. The van der Waals surface area contributed by atoms with Gasteiger partial charge in [-0.2, -0.15) is 0 Å². The minimum absolute atomic E-state index is 0.0152. The lowest BCUT2D eigenvalue weighted by molar-refractivity contribution is 0.0785. The van der Waals surface area contributed by atoms with E-state index in [0.717, 1.165) is 9.87 Å². The molecule has 134 valence electrons. The molecule has 0 aliphatic rings. The molecule has 5 nitrogen and oxygen atoms in total. The van der Waals surface area contributed by atoms with Crippen molar-refractivity contribution in [1.82, 2.24) is 9.21 Å². The number of carbonyl (C=O) groups excluding carboxylic acids is 1. The summed E-state index contributed by atoms with van der Waals surface area (Å²) in [5.74, 6) is -0.374. The molecule has 2 rings (SSSR count). The van der Waals surface area contributed by atoms with E-state index in [1.807, 2.05) is 6.07 Å². The lowest BCUT2D eigenvalue weighted by Gasteiger charge is -2.19. The fraction of sp³-hybridized carbons (Fsp3) is 0.235. The number of hydrogen-bond acceptors (Lipinski definition) is 3. The number of hydrogen-bond donors (Lipinski definition) is 0.